The van der Waals surface area contributed by atoms with E-state index in [0.717, 1.165) is 39.3 Å². The maximum atomic E-state index is 5.54. The van der Waals surface area contributed by atoms with E-state index in [-0.39, 0.29) is 0 Å². The highest BCUT2D eigenvalue weighted by Gasteiger charge is 2.19. The molecular formula is C15H18BrN3O2. The summed E-state index contributed by atoms with van der Waals surface area (Å²) in [4.78, 5) is 8.71. The molecule has 0 amide bonds. The predicted octanol–water partition coefficient (Wildman–Crippen LogP) is 3.53. The van der Waals surface area contributed by atoms with Gasteiger partial charge >= 0.3 is 0 Å². The van der Waals surface area contributed by atoms with Crippen LogP contribution in [0.5, 0.6) is 11.5 Å². The first-order valence-corrected chi connectivity index (χ1v) is 7.39. The van der Waals surface area contributed by atoms with E-state index in [1.165, 1.54) is 0 Å². The third-order valence-corrected chi connectivity index (χ3v) is 4.03. The van der Waals surface area contributed by atoms with Crippen molar-refractivity contribution in [2.75, 3.05) is 26.6 Å². The summed E-state index contributed by atoms with van der Waals surface area (Å²) in [6, 6.07) is 3.84. The normalized spacial score (nSPS) is 10.3. The molecule has 0 unspecified atom stereocenters. The Morgan fingerprint density at radius 3 is 2.52 bits per heavy atom. The van der Waals surface area contributed by atoms with Gasteiger partial charge in [0.15, 0.2) is 0 Å². The summed E-state index contributed by atoms with van der Waals surface area (Å²) < 4.78 is 11.6. The number of ether oxygens (including phenoxy) is 2. The zero-order chi connectivity index (χ0) is 15.4. The molecule has 0 saturated carbocycles. The van der Waals surface area contributed by atoms with Crippen molar-refractivity contribution in [3.05, 3.63) is 28.5 Å². The van der Waals surface area contributed by atoms with Crippen molar-refractivity contribution < 1.29 is 9.47 Å². The average Bonchev–Trinajstić information content (AvgIpc) is 2.53. The van der Waals surface area contributed by atoms with Crippen LogP contribution in [-0.4, -0.2) is 31.2 Å². The quantitative estimate of drug-likeness (QED) is 0.892. The van der Waals surface area contributed by atoms with Gasteiger partial charge in [0.2, 0.25) is 0 Å². The Labute approximate surface area is 132 Å². The van der Waals surface area contributed by atoms with Crippen LogP contribution in [0.2, 0.25) is 0 Å². The third kappa shape index (κ3) is 2.81. The number of anilines is 1. The first kappa shape index (κ1) is 15.6. The molecule has 112 valence electrons. The number of nitrogens with one attached hydrogen (secondary N) is 1. The highest BCUT2D eigenvalue weighted by Crippen LogP contribution is 2.42. The van der Waals surface area contributed by atoms with Gasteiger partial charge in [-0.15, -0.1) is 0 Å². The van der Waals surface area contributed by atoms with Crippen LogP contribution < -0.4 is 14.8 Å². The SMILES string of the molecule is CCc1c(NC)ncnc1-c1ccc(OC)c(Br)c1OC. The van der Waals surface area contributed by atoms with E-state index in [0.29, 0.717) is 5.75 Å². The van der Waals surface area contributed by atoms with Crippen LogP contribution in [0, 0.1) is 0 Å². The second-order valence-corrected chi connectivity index (χ2v) is 5.11. The van der Waals surface area contributed by atoms with Crippen LogP contribution in [0.3, 0.4) is 0 Å². The zero-order valence-corrected chi connectivity index (χ0v) is 14.1. The van der Waals surface area contributed by atoms with Crippen LogP contribution >= 0.6 is 15.9 Å². The topological polar surface area (TPSA) is 56.3 Å². The molecule has 1 N–H and O–H groups in total. The van der Waals surface area contributed by atoms with Gasteiger partial charge in [0.1, 0.15) is 28.1 Å². The first-order chi connectivity index (χ1) is 10.2. The molecule has 0 radical (unpaired) electrons. The van der Waals surface area contributed by atoms with Crippen molar-refractivity contribution in [1.29, 1.82) is 0 Å². The molecule has 1 aromatic carbocycles. The Hall–Kier alpha value is -1.82. The molecule has 0 saturated heterocycles. The summed E-state index contributed by atoms with van der Waals surface area (Å²) in [5, 5.41) is 3.10. The van der Waals surface area contributed by atoms with E-state index in [4.69, 9.17) is 9.47 Å². The van der Waals surface area contributed by atoms with Gasteiger partial charge in [0.25, 0.3) is 0 Å². The van der Waals surface area contributed by atoms with Crippen LogP contribution in [0.15, 0.2) is 22.9 Å². The highest BCUT2D eigenvalue weighted by atomic mass is 79.9. The summed E-state index contributed by atoms with van der Waals surface area (Å²) in [6.07, 6.45) is 2.37. The maximum Gasteiger partial charge on any atom is 0.146 e. The molecule has 1 heterocycles. The molecule has 0 fully saturated rings. The lowest BCUT2D eigenvalue weighted by Crippen LogP contribution is -2.03. The van der Waals surface area contributed by atoms with E-state index in [9.17, 15) is 0 Å². The van der Waals surface area contributed by atoms with Gasteiger partial charge < -0.3 is 14.8 Å². The third-order valence-electron chi connectivity index (χ3n) is 3.28. The molecule has 21 heavy (non-hydrogen) atoms. The minimum Gasteiger partial charge on any atom is -0.495 e. The number of halogens is 1. The van der Waals surface area contributed by atoms with Crippen molar-refractivity contribution >= 4 is 21.7 Å². The van der Waals surface area contributed by atoms with E-state index in [1.54, 1.807) is 20.5 Å². The van der Waals surface area contributed by atoms with E-state index < -0.39 is 0 Å². The van der Waals surface area contributed by atoms with E-state index >= 15 is 0 Å². The van der Waals surface area contributed by atoms with Crippen LogP contribution in [0.4, 0.5) is 5.82 Å². The predicted molar refractivity (Wildman–Crippen MR) is 87.2 cm³/mol. The van der Waals surface area contributed by atoms with Crippen molar-refractivity contribution in [2.45, 2.75) is 13.3 Å². The van der Waals surface area contributed by atoms with Crippen molar-refractivity contribution in [1.82, 2.24) is 9.97 Å². The Bertz CT molecular complexity index is 647. The summed E-state index contributed by atoms with van der Waals surface area (Å²) in [5.41, 5.74) is 2.81. The highest BCUT2D eigenvalue weighted by molar-refractivity contribution is 9.10. The monoisotopic (exact) mass is 351 g/mol. The smallest absolute Gasteiger partial charge is 0.146 e. The number of hydrogen-bond acceptors (Lipinski definition) is 5. The van der Waals surface area contributed by atoms with Gasteiger partial charge in [-0.3, -0.25) is 0 Å². The van der Waals surface area contributed by atoms with Gasteiger partial charge in [-0.25, -0.2) is 9.97 Å². The summed E-state index contributed by atoms with van der Waals surface area (Å²) >= 11 is 3.52. The van der Waals surface area contributed by atoms with Crippen molar-refractivity contribution in [3.8, 4) is 22.8 Å². The van der Waals surface area contributed by atoms with Crippen LogP contribution in [0.1, 0.15) is 12.5 Å². The molecule has 0 bridgehead atoms. The molecule has 0 aliphatic heterocycles. The number of aromatic nitrogens is 2. The number of methoxy groups -OCH3 is 2. The summed E-state index contributed by atoms with van der Waals surface area (Å²) in [7, 11) is 5.11. The number of rotatable bonds is 5. The fourth-order valence-corrected chi connectivity index (χ4v) is 2.95. The Morgan fingerprint density at radius 1 is 1.19 bits per heavy atom. The van der Waals surface area contributed by atoms with Crippen molar-refractivity contribution in [3.63, 3.8) is 0 Å². The largest absolute Gasteiger partial charge is 0.495 e. The van der Waals surface area contributed by atoms with Crippen LogP contribution in [0.25, 0.3) is 11.3 Å². The molecule has 5 nitrogen and oxygen atoms in total. The summed E-state index contributed by atoms with van der Waals surface area (Å²) in [6.45, 7) is 2.08. The fraction of sp³-hybridized carbons (Fsp3) is 0.333. The van der Waals surface area contributed by atoms with E-state index in [1.807, 2.05) is 19.2 Å². The van der Waals surface area contributed by atoms with Crippen LogP contribution in [-0.2, 0) is 6.42 Å². The minimum absolute atomic E-state index is 0.699. The molecule has 0 atom stereocenters. The lowest BCUT2D eigenvalue weighted by Gasteiger charge is -2.16. The molecular weight excluding hydrogens is 334 g/mol. The fourth-order valence-electron chi connectivity index (χ4n) is 2.28. The Kier molecular flexibility index (Phi) is 5.01. The van der Waals surface area contributed by atoms with Crippen molar-refractivity contribution in [2.24, 2.45) is 0 Å². The second kappa shape index (κ2) is 6.76. The standard InChI is InChI=1S/C15H18BrN3O2/c1-5-9-13(18-8-19-15(9)17-2)10-6-7-11(20-3)12(16)14(10)21-4/h6-8H,5H2,1-4H3,(H,17,18,19). The number of hydrogen-bond donors (Lipinski definition) is 1. The molecule has 0 aliphatic carbocycles. The lowest BCUT2D eigenvalue weighted by molar-refractivity contribution is 0.390. The first-order valence-electron chi connectivity index (χ1n) is 6.60. The molecule has 0 spiro atoms. The molecule has 6 heteroatoms. The van der Waals surface area contributed by atoms with Gasteiger partial charge in [0.05, 0.1) is 19.9 Å². The van der Waals surface area contributed by atoms with Gasteiger partial charge in [-0.2, -0.15) is 0 Å². The number of nitrogens with zero attached hydrogens (tertiary/aromatic N) is 2. The lowest BCUT2D eigenvalue weighted by atomic mass is 10.0. The van der Waals surface area contributed by atoms with Gasteiger partial charge in [0, 0.05) is 18.2 Å². The average molecular weight is 352 g/mol. The van der Waals surface area contributed by atoms with E-state index in [2.05, 4.69) is 38.1 Å². The number of benzene rings is 1. The Morgan fingerprint density at radius 2 is 1.95 bits per heavy atom. The summed E-state index contributed by atoms with van der Waals surface area (Å²) in [5.74, 6) is 2.25. The maximum absolute atomic E-state index is 5.54. The van der Waals surface area contributed by atoms with Gasteiger partial charge in [-0.1, -0.05) is 6.92 Å². The second-order valence-electron chi connectivity index (χ2n) is 4.32. The molecule has 2 aromatic rings. The molecule has 1 aromatic heterocycles. The zero-order valence-electron chi connectivity index (χ0n) is 12.5. The van der Waals surface area contributed by atoms with Gasteiger partial charge in [-0.05, 0) is 34.5 Å². The minimum atomic E-state index is 0.699. The Balaban J connectivity index is 2.70. The molecule has 2 rings (SSSR count). The molecule has 0 aliphatic rings.